The van der Waals surface area contributed by atoms with Crippen LogP contribution in [-0.2, 0) is 12.1 Å². The fourth-order valence-electron chi connectivity index (χ4n) is 6.20. The molecule has 9 heteroatoms. The van der Waals surface area contributed by atoms with Crippen LogP contribution in [0.3, 0.4) is 0 Å². The minimum absolute atomic E-state index is 0.117. The van der Waals surface area contributed by atoms with Gasteiger partial charge in [-0.25, -0.2) is 9.18 Å². The number of amides is 2. The van der Waals surface area contributed by atoms with Crippen LogP contribution in [-0.4, -0.2) is 58.8 Å². The molecule has 8 nitrogen and oxygen atoms in total. The number of rotatable bonds is 10. The van der Waals surface area contributed by atoms with Crippen molar-refractivity contribution in [2.45, 2.75) is 37.8 Å². The Balaban J connectivity index is 1.51. The lowest BCUT2D eigenvalue weighted by Crippen LogP contribution is -2.48. The van der Waals surface area contributed by atoms with Gasteiger partial charge >= 0.3 is 6.09 Å². The van der Waals surface area contributed by atoms with E-state index in [2.05, 4.69) is 15.6 Å². The van der Waals surface area contributed by atoms with Gasteiger partial charge in [-0.15, -0.1) is 0 Å². The number of halogens is 1. The molecule has 5 rings (SSSR count). The summed E-state index contributed by atoms with van der Waals surface area (Å²) in [5.41, 5.74) is 2.09. The molecule has 1 aliphatic rings. The smallest absolute Gasteiger partial charge is 0.404 e. The standard InChI is InChI=1S/C34H37FN4O4/c1-36-20-23-12-14-24(15-13-23)32(40)39-18-5-8-27(22-39)34(43,16-6-17-37-33(41)42)28-9-4-10-29(35)31(28)26-19-25-7-2-3-11-30(25)38-21-26/h2-4,7,9-15,19,21,27,36-37,43H,5-6,8,16-18,20,22H2,1H3,(H,41,42)/t27-,34?/m1/s1. The number of nitrogens with one attached hydrogen (secondary N) is 2. The van der Waals surface area contributed by atoms with Crippen LogP contribution < -0.4 is 10.6 Å². The summed E-state index contributed by atoms with van der Waals surface area (Å²) in [5.74, 6) is -1.01. The van der Waals surface area contributed by atoms with Gasteiger partial charge < -0.3 is 25.7 Å². The van der Waals surface area contributed by atoms with E-state index < -0.39 is 23.4 Å². The van der Waals surface area contributed by atoms with Crippen molar-refractivity contribution in [2.24, 2.45) is 5.92 Å². The summed E-state index contributed by atoms with van der Waals surface area (Å²) < 4.78 is 15.7. The summed E-state index contributed by atoms with van der Waals surface area (Å²) >= 11 is 0. The molecular formula is C34H37FN4O4. The number of likely N-dealkylation sites (tertiary alicyclic amines) is 1. The number of para-hydroxylation sites is 1. The van der Waals surface area contributed by atoms with E-state index in [0.29, 0.717) is 49.0 Å². The maximum absolute atomic E-state index is 15.7. The maximum atomic E-state index is 15.7. The zero-order valence-corrected chi connectivity index (χ0v) is 24.2. The van der Waals surface area contributed by atoms with E-state index in [1.165, 1.54) is 6.07 Å². The Labute approximate surface area is 250 Å². The number of carbonyl (C=O) groups is 2. The van der Waals surface area contributed by atoms with Crippen molar-refractivity contribution < 1.29 is 24.2 Å². The van der Waals surface area contributed by atoms with E-state index in [1.54, 1.807) is 23.2 Å². The van der Waals surface area contributed by atoms with Gasteiger partial charge in [0.05, 0.1) is 11.1 Å². The van der Waals surface area contributed by atoms with Crippen molar-refractivity contribution in [3.8, 4) is 11.1 Å². The molecular weight excluding hydrogens is 547 g/mol. The molecule has 4 aromatic rings. The quantitative estimate of drug-likeness (QED) is 0.182. The minimum atomic E-state index is -1.54. The van der Waals surface area contributed by atoms with E-state index in [1.807, 2.05) is 61.6 Å². The van der Waals surface area contributed by atoms with Gasteiger partial charge in [-0.2, -0.15) is 0 Å². The van der Waals surface area contributed by atoms with E-state index >= 15 is 4.39 Å². The highest BCUT2D eigenvalue weighted by molar-refractivity contribution is 5.94. The maximum Gasteiger partial charge on any atom is 0.404 e. The van der Waals surface area contributed by atoms with Crippen LogP contribution in [0.15, 0.2) is 79.0 Å². The van der Waals surface area contributed by atoms with Gasteiger partial charge in [-0.1, -0.05) is 42.5 Å². The molecule has 1 aliphatic heterocycles. The molecule has 0 spiro atoms. The van der Waals surface area contributed by atoms with Gasteiger partial charge in [0.15, 0.2) is 0 Å². The Bertz CT molecular complexity index is 1600. The first-order chi connectivity index (χ1) is 20.8. The van der Waals surface area contributed by atoms with Gasteiger partial charge in [0.25, 0.3) is 5.91 Å². The van der Waals surface area contributed by atoms with E-state index in [4.69, 9.17) is 5.11 Å². The molecule has 224 valence electrons. The first-order valence-corrected chi connectivity index (χ1v) is 14.7. The first-order valence-electron chi connectivity index (χ1n) is 14.7. The van der Waals surface area contributed by atoms with Crippen molar-refractivity contribution in [1.29, 1.82) is 0 Å². The SMILES string of the molecule is CNCc1ccc(C(=O)N2CCC[C@@H](C(O)(CCCNC(=O)O)c3cccc(F)c3-c3cnc4ccccc4c3)C2)cc1. The summed E-state index contributed by atoms with van der Waals surface area (Å²) in [5, 5.41) is 28.0. The fourth-order valence-corrected chi connectivity index (χ4v) is 6.20. The van der Waals surface area contributed by atoms with Gasteiger partial charge in [0.2, 0.25) is 0 Å². The molecule has 2 atom stereocenters. The Morgan fingerprint density at radius 3 is 2.65 bits per heavy atom. The highest BCUT2D eigenvalue weighted by Crippen LogP contribution is 2.44. The van der Waals surface area contributed by atoms with Crippen LogP contribution in [0.2, 0.25) is 0 Å². The predicted molar refractivity (Wildman–Crippen MR) is 164 cm³/mol. The molecule has 1 aromatic heterocycles. The van der Waals surface area contributed by atoms with Crippen molar-refractivity contribution >= 4 is 22.9 Å². The molecule has 1 saturated heterocycles. The second kappa shape index (κ2) is 13.3. The van der Waals surface area contributed by atoms with Gasteiger partial charge in [0, 0.05) is 60.4 Å². The van der Waals surface area contributed by atoms with Crippen LogP contribution >= 0.6 is 0 Å². The zero-order chi connectivity index (χ0) is 30.4. The number of benzene rings is 3. The third-order valence-electron chi connectivity index (χ3n) is 8.34. The second-order valence-corrected chi connectivity index (χ2v) is 11.2. The summed E-state index contributed by atoms with van der Waals surface area (Å²) in [6, 6.07) is 21.6. The number of piperidine rings is 1. The van der Waals surface area contributed by atoms with Crippen molar-refractivity contribution in [1.82, 2.24) is 20.5 Å². The largest absolute Gasteiger partial charge is 0.465 e. The number of carbonyl (C=O) groups excluding carboxylic acids is 1. The van der Waals surface area contributed by atoms with Crippen LogP contribution in [0.25, 0.3) is 22.0 Å². The lowest BCUT2D eigenvalue weighted by atomic mass is 9.72. The number of fused-ring (bicyclic) bond motifs is 1. The molecule has 0 bridgehead atoms. The topological polar surface area (TPSA) is 115 Å². The van der Waals surface area contributed by atoms with Gasteiger partial charge in [-0.3, -0.25) is 9.78 Å². The van der Waals surface area contributed by atoms with E-state index in [0.717, 1.165) is 16.5 Å². The summed E-state index contributed by atoms with van der Waals surface area (Å²) in [4.78, 5) is 31.0. The molecule has 4 N–H and O–H groups in total. The third-order valence-corrected chi connectivity index (χ3v) is 8.34. The first kappa shape index (κ1) is 30.1. The molecule has 2 amide bonds. The van der Waals surface area contributed by atoms with Crippen molar-refractivity contribution in [2.75, 3.05) is 26.7 Å². The number of carboxylic acid groups (broad SMARTS) is 1. The summed E-state index contributed by atoms with van der Waals surface area (Å²) in [7, 11) is 1.87. The van der Waals surface area contributed by atoms with Crippen LogP contribution in [0, 0.1) is 11.7 Å². The monoisotopic (exact) mass is 584 g/mol. The lowest BCUT2D eigenvalue weighted by molar-refractivity contribution is -0.0564. The molecule has 0 aliphatic carbocycles. The minimum Gasteiger partial charge on any atom is -0.465 e. The molecule has 0 saturated carbocycles. The molecule has 1 fully saturated rings. The number of nitrogens with zero attached hydrogens (tertiary/aromatic N) is 2. The Kier molecular flexibility index (Phi) is 9.33. The third kappa shape index (κ3) is 6.68. The molecule has 2 heterocycles. The molecule has 43 heavy (non-hydrogen) atoms. The average molecular weight is 585 g/mol. The number of pyridine rings is 1. The number of aliphatic hydroxyl groups is 1. The lowest BCUT2D eigenvalue weighted by Gasteiger charge is -2.43. The normalized spacial score (nSPS) is 16.5. The van der Waals surface area contributed by atoms with Gasteiger partial charge in [-0.05, 0) is 74.2 Å². The highest BCUT2D eigenvalue weighted by atomic mass is 19.1. The second-order valence-electron chi connectivity index (χ2n) is 11.2. The van der Waals surface area contributed by atoms with Crippen LogP contribution in [0.1, 0.15) is 47.2 Å². The highest BCUT2D eigenvalue weighted by Gasteiger charge is 2.43. The Morgan fingerprint density at radius 1 is 1.09 bits per heavy atom. The van der Waals surface area contributed by atoms with E-state index in [9.17, 15) is 14.7 Å². The van der Waals surface area contributed by atoms with Gasteiger partial charge in [0.1, 0.15) is 5.82 Å². The average Bonchev–Trinajstić information content (AvgIpc) is 3.03. The fraction of sp³-hybridized carbons (Fsp3) is 0.324. The molecule has 1 unspecified atom stereocenters. The number of aromatic nitrogens is 1. The van der Waals surface area contributed by atoms with E-state index in [-0.39, 0.29) is 31.0 Å². The Morgan fingerprint density at radius 2 is 1.88 bits per heavy atom. The Hall–Kier alpha value is -4.34. The summed E-state index contributed by atoms with van der Waals surface area (Å²) in [6.07, 6.45) is 2.27. The number of hydrogen-bond donors (Lipinski definition) is 4. The van der Waals surface area contributed by atoms with Crippen LogP contribution in [0.4, 0.5) is 9.18 Å². The number of hydrogen-bond acceptors (Lipinski definition) is 5. The predicted octanol–water partition coefficient (Wildman–Crippen LogP) is 5.55. The molecule has 3 aromatic carbocycles. The zero-order valence-electron chi connectivity index (χ0n) is 24.2. The molecule has 0 radical (unpaired) electrons. The summed E-state index contributed by atoms with van der Waals surface area (Å²) in [6.45, 7) is 1.67. The van der Waals surface area contributed by atoms with Crippen molar-refractivity contribution in [3.05, 3.63) is 102 Å². The van der Waals surface area contributed by atoms with Crippen molar-refractivity contribution in [3.63, 3.8) is 0 Å². The van der Waals surface area contributed by atoms with Crippen LogP contribution in [0.5, 0.6) is 0 Å².